The summed E-state index contributed by atoms with van der Waals surface area (Å²) in [5.41, 5.74) is 3.46. The molecular weight excluding hydrogens is 236 g/mol. The van der Waals surface area contributed by atoms with Crippen LogP contribution in [0.4, 0.5) is 5.69 Å². The molecular formula is C16H24N2O. The second-order valence-corrected chi connectivity index (χ2v) is 5.63. The van der Waals surface area contributed by atoms with Gasteiger partial charge in [0.2, 0.25) is 5.91 Å². The fourth-order valence-corrected chi connectivity index (χ4v) is 2.78. The molecule has 19 heavy (non-hydrogen) atoms. The lowest BCUT2D eigenvalue weighted by Crippen LogP contribution is -2.39. The number of aryl methyl sites for hydroxylation is 2. The molecule has 0 heterocycles. The minimum absolute atomic E-state index is 0.103. The van der Waals surface area contributed by atoms with Crippen molar-refractivity contribution in [1.82, 2.24) is 5.32 Å². The van der Waals surface area contributed by atoms with E-state index in [1.54, 1.807) is 0 Å². The summed E-state index contributed by atoms with van der Waals surface area (Å²) >= 11 is 0. The van der Waals surface area contributed by atoms with Crippen molar-refractivity contribution in [3.05, 3.63) is 29.3 Å². The van der Waals surface area contributed by atoms with Gasteiger partial charge in [0.05, 0.1) is 6.54 Å². The molecule has 2 rings (SSSR count). The fourth-order valence-electron chi connectivity index (χ4n) is 2.78. The molecule has 0 aliphatic heterocycles. The van der Waals surface area contributed by atoms with Gasteiger partial charge < -0.3 is 10.6 Å². The van der Waals surface area contributed by atoms with E-state index in [4.69, 9.17) is 0 Å². The molecule has 0 radical (unpaired) electrons. The highest BCUT2D eigenvalue weighted by Gasteiger charge is 2.15. The van der Waals surface area contributed by atoms with E-state index in [1.807, 2.05) is 0 Å². The average Bonchev–Trinajstić information content (AvgIpc) is 2.36. The van der Waals surface area contributed by atoms with Crippen LogP contribution in [-0.2, 0) is 4.79 Å². The molecule has 3 nitrogen and oxygen atoms in total. The number of amides is 1. The van der Waals surface area contributed by atoms with Crippen LogP contribution in [0.15, 0.2) is 18.2 Å². The summed E-state index contributed by atoms with van der Waals surface area (Å²) in [6, 6.07) is 6.66. The van der Waals surface area contributed by atoms with Crippen molar-refractivity contribution in [2.45, 2.75) is 52.0 Å². The first-order valence-electron chi connectivity index (χ1n) is 7.25. The lowest BCUT2D eigenvalue weighted by Gasteiger charge is -2.22. The maximum absolute atomic E-state index is 11.9. The maximum atomic E-state index is 11.9. The summed E-state index contributed by atoms with van der Waals surface area (Å²) in [6.45, 7) is 4.50. The zero-order valence-corrected chi connectivity index (χ0v) is 12.0. The molecule has 0 spiro atoms. The second kappa shape index (κ2) is 6.60. The number of nitrogens with one attached hydrogen (secondary N) is 2. The van der Waals surface area contributed by atoms with Gasteiger partial charge >= 0.3 is 0 Å². The Morgan fingerprint density at radius 2 is 1.74 bits per heavy atom. The predicted octanol–water partition coefficient (Wildman–Crippen LogP) is 3.16. The molecule has 1 aliphatic rings. The van der Waals surface area contributed by atoms with Gasteiger partial charge in [-0.25, -0.2) is 0 Å². The molecule has 2 N–H and O–H groups in total. The first kappa shape index (κ1) is 13.9. The highest BCUT2D eigenvalue weighted by Crippen LogP contribution is 2.17. The lowest BCUT2D eigenvalue weighted by atomic mass is 9.95. The van der Waals surface area contributed by atoms with Crippen molar-refractivity contribution in [1.29, 1.82) is 0 Å². The van der Waals surface area contributed by atoms with Gasteiger partial charge in [-0.05, 0) is 49.9 Å². The van der Waals surface area contributed by atoms with E-state index >= 15 is 0 Å². The van der Waals surface area contributed by atoms with E-state index in [9.17, 15) is 4.79 Å². The van der Waals surface area contributed by atoms with Crippen molar-refractivity contribution in [2.75, 3.05) is 11.9 Å². The van der Waals surface area contributed by atoms with Crippen LogP contribution in [0.5, 0.6) is 0 Å². The van der Waals surface area contributed by atoms with Gasteiger partial charge in [-0.15, -0.1) is 0 Å². The zero-order chi connectivity index (χ0) is 13.7. The van der Waals surface area contributed by atoms with Gasteiger partial charge in [0, 0.05) is 11.7 Å². The van der Waals surface area contributed by atoms with Gasteiger partial charge in [-0.3, -0.25) is 4.79 Å². The molecule has 1 fully saturated rings. The number of benzene rings is 1. The van der Waals surface area contributed by atoms with Crippen molar-refractivity contribution in [3.63, 3.8) is 0 Å². The van der Waals surface area contributed by atoms with E-state index in [0.29, 0.717) is 12.6 Å². The molecule has 3 heteroatoms. The topological polar surface area (TPSA) is 41.1 Å². The summed E-state index contributed by atoms with van der Waals surface area (Å²) in [4.78, 5) is 11.9. The second-order valence-electron chi connectivity index (χ2n) is 5.63. The van der Waals surface area contributed by atoms with Crippen LogP contribution in [0, 0.1) is 13.8 Å². The smallest absolute Gasteiger partial charge is 0.239 e. The highest BCUT2D eigenvalue weighted by molar-refractivity contribution is 5.81. The summed E-state index contributed by atoms with van der Waals surface area (Å²) in [5, 5.41) is 6.32. The van der Waals surface area contributed by atoms with Crippen LogP contribution in [0.2, 0.25) is 0 Å². The van der Waals surface area contributed by atoms with Gasteiger partial charge in [0.25, 0.3) is 0 Å². The van der Waals surface area contributed by atoms with Gasteiger partial charge in [0.1, 0.15) is 0 Å². The first-order chi connectivity index (χ1) is 9.13. The quantitative estimate of drug-likeness (QED) is 0.873. The molecule has 1 aromatic carbocycles. The molecule has 0 aromatic heterocycles. The number of rotatable bonds is 4. The van der Waals surface area contributed by atoms with Crippen LogP contribution in [0.3, 0.4) is 0 Å². The van der Waals surface area contributed by atoms with Crippen LogP contribution in [0.1, 0.15) is 43.2 Å². The third kappa shape index (κ3) is 4.58. The molecule has 1 saturated carbocycles. The number of hydrogen-bond acceptors (Lipinski definition) is 2. The molecule has 0 bridgehead atoms. The van der Waals surface area contributed by atoms with Crippen molar-refractivity contribution in [2.24, 2.45) is 0 Å². The minimum atomic E-state index is 0.103. The molecule has 1 amide bonds. The van der Waals surface area contributed by atoms with E-state index in [1.165, 1.54) is 30.4 Å². The molecule has 1 aromatic rings. The summed E-state index contributed by atoms with van der Waals surface area (Å²) in [5.74, 6) is 0.103. The van der Waals surface area contributed by atoms with E-state index in [2.05, 4.69) is 42.7 Å². The molecule has 0 atom stereocenters. The van der Waals surface area contributed by atoms with Crippen molar-refractivity contribution < 1.29 is 4.79 Å². The van der Waals surface area contributed by atoms with Crippen molar-refractivity contribution >= 4 is 11.6 Å². The Kier molecular flexibility index (Phi) is 4.83. The number of anilines is 1. The monoisotopic (exact) mass is 260 g/mol. The largest absolute Gasteiger partial charge is 0.376 e. The Morgan fingerprint density at radius 3 is 2.37 bits per heavy atom. The van der Waals surface area contributed by atoms with Gasteiger partial charge in [-0.1, -0.05) is 25.3 Å². The third-order valence-corrected chi connectivity index (χ3v) is 3.65. The summed E-state index contributed by atoms with van der Waals surface area (Å²) in [6.07, 6.45) is 6.07. The Balaban J connectivity index is 1.79. The van der Waals surface area contributed by atoms with E-state index in [-0.39, 0.29) is 5.91 Å². The van der Waals surface area contributed by atoms with Crippen LogP contribution < -0.4 is 10.6 Å². The van der Waals surface area contributed by atoms with Crippen LogP contribution >= 0.6 is 0 Å². The Morgan fingerprint density at radius 1 is 1.11 bits per heavy atom. The molecule has 104 valence electrons. The minimum Gasteiger partial charge on any atom is -0.376 e. The lowest BCUT2D eigenvalue weighted by molar-refractivity contribution is -0.120. The standard InChI is InChI=1S/C16H24N2O/c1-12-8-13(2)10-15(9-12)17-11-16(19)18-14-6-4-3-5-7-14/h8-10,14,17H,3-7,11H2,1-2H3,(H,18,19). The normalized spacial score (nSPS) is 16.1. The Labute approximate surface area is 115 Å². The highest BCUT2D eigenvalue weighted by atomic mass is 16.1. The average molecular weight is 260 g/mol. The van der Waals surface area contributed by atoms with Crippen LogP contribution in [0.25, 0.3) is 0 Å². The number of carbonyl (C=O) groups excluding carboxylic acids is 1. The van der Waals surface area contributed by atoms with Gasteiger partial charge in [-0.2, -0.15) is 0 Å². The summed E-state index contributed by atoms with van der Waals surface area (Å²) in [7, 11) is 0. The number of hydrogen-bond donors (Lipinski definition) is 2. The molecule has 1 aliphatic carbocycles. The van der Waals surface area contributed by atoms with Gasteiger partial charge in [0.15, 0.2) is 0 Å². The fraction of sp³-hybridized carbons (Fsp3) is 0.562. The Bertz CT molecular complexity index is 416. The zero-order valence-electron chi connectivity index (χ0n) is 12.0. The SMILES string of the molecule is Cc1cc(C)cc(NCC(=O)NC2CCCCC2)c1. The summed E-state index contributed by atoms with van der Waals surface area (Å²) < 4.78 is 0. The number of carbonyl (C=O) groups is 1. The Hall–Kier alpha value is -1.51. The van der Waals surface area contributed by atoms with Crippen LogP contribution in [-0.4, -0.2) is 18.5 Å². The van der Waals surface area contributed by atoms with E-state index < -0.39 is 0 Å². The molecule has 0 saturated heterocycles. The third-order valence-electron chi connectivity index (χ3n) is 3.65. The van der Waals surface area contributed by atoms with E-state index in [0.717, 1.165) is 18.5 Å². The maximum Gasteiger partial charge on any atom is 0.239 e. The predicted molar refractivity (Wildman–Crippen MR) is 79.4 cm³/mol. The first-order valence-corrected chi connectivity index (χ1v) is 7.25. The molecule has 0 unspecified atom stereocenters. The van der Waals surface area contributed by atoms with Crippen molar-refractivity contribution in [3.8, 4) is 0 Å².